The van der Waals surface area contributed by atoms with Gasteiger partial charge in [0.1, 0.15) is 5.69 Å². The summed E-state index contributed by atoms with van der Waals surface area (Å²) in [6.07, 6.45) is 3.04. The molecule has 6 heteroatoms. The van der Waals surface area contributed by atoms with E-state index in [1.807, 2.05) is 27.7 Å². The number of piperidine rings is 1. The summed E-state index contributed by atoms with van der Waals surface area (Å²) < 4.78 is 1.89. The number of aryl methyl sites for hydroxylation is 1. The number of nitrogens with one attached hydrogen (secondary N) is 1. The van der Waals surface area contributed by atoms with Crippen molar-refractivity contribution in [2.24, 2.45) is 11.8 Å². The zero-order valence-corrected chi connectivity index (χ0v) is 15.4. The van der Waals surface area contributed by atoms with E-state index in [1.54, 1.807) is 6.07 Å². The predicted octanol–water partition coefficient (Wildman–Crippen LogP) is 2.42. The highest BCUT2D eigenvalue weighted by molar-refractivity contribution is 5.92. The van der Waals surface area contributed by atoms with E-state index in [-0.39, 0.29) is 17.4 Å². The molecule has 6 nitrogen and oxygen atoms in total. The van der Waals surface area contributed by atoms with E-state index in [9.17, 15) is 9.59 Å². The molecule has 0 aromatic carbocycles. The molecule has 0 aliphatic carbocycles. The minimum Gasteiger partial charge on any atom is -0.336 e. The average Bonchev–Trinajstić information content (AvgIpc) is 3.09. The minimum atomic E-state index is -0.00141. The number of fused-ring (bicyclic) bond motifs is 4. The van der Waals surface area contributed by atoms with E-state index >= 15 is 0 Å². The third kappa shape index (κ3) is 3.20. The van der Waals surface area contributed by atoms with Crippen LogP contribution in [0.2, 0.25) is 0 Å². The van der Waals surface area contributed by atoms with Crippen LogP contribution in [0.1, 0.15) is 54.5 Å². The van der Waals surface area contributed by atoms with Gasteiger partial charge in [0.05, 0.1) is 0 Å². The molecule has 4 rings (SSSR count). The van der Waals surface area contributed by atoms with Crippen LogP contribution >= 0.6 is 0 Å². The number of carbonyl (C=O) groups is 1. The van der Waals surface area contributed by atoms with Gasteiger partial charge in [0, 0.05) is 43.0 Å². The van der Waals surface area contributed by atoms with E-state index < -0.39 is 0 Å². The number of aromatic amines is 1. The Balaban J connectivity index is 1.50. The summed E-state index contributed by atoms with van der Waals surface area (Å²) in [5, 5.41) is 7.26. The molecule has 1 N–H and O–H groups in total. The lowest BCUT2D eigenvalue weighted by Crippen LogP contribution is -2.49. The van der Waals surface area contributed by atoms with Crippen LogP contribution in [-0.2, 0) is 13.0 Å². The Bertz CT molecular complexity index is 867. The molecule has 2 aromatic heterocycles. The van der Waals surface area contributed by atoms with Crippen LogP contribution in [0.3, 0.4) is 0 Å². The fourth-order valence-electron chi connectivity index (χ4n) is 4.27. The van der Waals surface area contributed by atoms with Crippen LogP contribution in [0.5, 0.6) is 0 Å². The summed E-state index contributed by atoms with van der Waals surface area (Å²) in [7, 11) is 0. The molecular formula is C20H26N4O2. The van der Waals surface area contributed by atoms with Crippen LogP contribution in [0.15, 0.2) is 29.1 Å². The first-order valence-electron chi connectivity index (χ1n) is 9.54. The SMILES string of the molecule is CC(C)CCc1cc(C(=O)N2CC3CC(C2)c2cccc(=O)n2C3)n[nH]1. The number of carbonyl (C=O) groups excluding carboxylic acids is 1. The first-order chi connectivity index (χ1) is 12.5. The fraction of sp³-hybridized carbons (Fsp3) is 0.550. The summed E-state index contributed by atoms with van der Waals surface area (Å²) in [5.41, 5.74) is 2.66. The van der Waals surface area contributed by atoms with Gasteiger partial charge in [-0.3, -0.25) is 14.7 Å². The number of H-pyrrole nitrogens is 1. The van der Waals surface area contributed by atoms with Crippen LogP contribution < -0.4 is 5.56 Å². The number of pyridine rings is 1. The van der Waals surface area contributed by atoms with Crippen molar-refractivity contribution >= 4 is 5.91 Å². The maximum absolute atomic E-state index is 12.9. The standard InChI is InChI=1S/C20H26N4O2/c1-13(2)6-7-16-9-17(22-21-16)20(26)23-10-14-8-15(12-23)18-4-3-5-19(25)24(18)11-14/h3-5,9,13-15H,6-8,10-12H2,1-2H3,(H,21,22). The van der Waals surface area contributed by atoms with Crippen molar-refractivity contribution in [3.8, 4) is 0 Å². The van der Waals surface area contributed by atoms with Crippen molar-refractivity contribution in [3.63, 3.8) is 0 Å². The van der Waals surface area contributed by atoms with Gasteiger partial charge >= 0.3 is 0 Å². The van der Waals surface area contributed by atoms with Gasteiger partial charge in [-0.05, 0) is 43.2 Å². The number of rotatable bonds is 4. The van der Waals surface area contributed by atoms with Gasteiger partial charge < -0.3 is 9.47 Å². The molecule has 2 aliphatic heterocycles. The molecule has 26 heavy (non-hydrogen) atoms. The van der Waals surface area contributed by atoms with E-state index in [4.69, 9.17) is 0 Å². The molecule has 0 radical (unpaired) electrons. The van der Waals surface area contributed by atoms with Gasteiger partial charge in [-0.25, -0.2) is 0 Å². The Morgan fingerprint density at radius 1 is 1.31 bits per heavy atom. The third-order valence-electron chi connectivity index (χ3n) is 5.61. The Labute approximate surface area is 153 Å². The predicted molar refractivity (Wildman–Crippen MR) is 99.2 cm³/mol. The van der Waals surface area contributed by atoms with Crippen molar-refractivity contribution in [1.82, 2.24) is 19.7 Å². The molecule has 2 aliphatic rings. The molecule has 0 spiro atoms. The second kappa shape index (κ2) is 6.74. The maximum Gasteiger partial charge on any atom is 0.274 e. The van der Waals surface area contributed by atoms with Gasteiger partial charge in [-0.1, -0.05) is 19.9 Å². The second-order valence-corrected chi connectivity index (χ2v) is 8.12. The number of aromatic nitrogens is 3. The van der Waals surface area contributed by atoms with E-state index in [0.717, 1.165) is 30.7 Å². The highest BCUT2D eigenvalue weighted by atomic mass is 16.2. The van der Waals surface area contributed by atoms with Crippen molar-refractivity contribution in [1.29, 1.82) is 0 Å². The van der Waals surface area contributed by atoms with Gasteiger partial charge in [-0.2, -0.15) is 5.10 Å². The first-order valence-corrected chi connectivity index (χ1v) is 9.54. The van der Waals surface area contributed by atoms with E-state index in [0.29, 0.717) is 37.2 Å². The van der Waals surface area contributed by atoms with Crippen molar-refractivity contribution in [2.45, 2.75) is 45.6 Å². The molecular weight excluding hydrogens is 328 g/mol. The normalized spacial score (nSPS) is 21.7. The Morgan fingerprint density at radius 3 is 2.96 bits per heavy atom. The first kappa shape index (κ1) is 17.1. The van der Waals surface area contributed by atoms with Gasteiger partial charge in [0.2, 0.25) is 0 Å². The number of hydrogen-bond acceptors (Lipinski definition) is 3. The number of hydrogen-bond donors (Lipinski definition) is 1. The topological polar surface area (TPSA) is 71.0 Å². The molecule has 1 fully saturated rings. The molecule has 2 unspecified atom stereocenters. The lowest BCUT2D eigenvalue weighted by molar-refractivity contribution is 0.0588. The molecule has 138 valence electrons. The molecule has 0 saturated carbocycles. The number of amides is 1. The Hall–Kier alpha value is -2.37. The molecule has 1 amide bonds. The largest absolute Gasteiger partial charge is 0.336 e. The second-order valence-electron chi connectivity index (χ2n) is 8.12. The highest BCUT2D eigenvalue weighted by Gasteiger charge is 2.36. The summed E-state index contributed by atoms with van der Waals surface area (Å²) in [5.74, 6) is 1.20. The van der Waals surface area contributed by atoms with Crippen molar-refractivity contribution < 1.29 is 4.79 Å². The Kier molecular flexibility index (Phi) is 4.42. The van der Waals surface area contributed by atoms with Crippen LogP contribution in [0, 0.1) is 11.8 Å². The fourth-order valence-corrected chi connectivity index (χ4v) is 4.27. The molecule has 2 bridgehead atoms. The lowest BCUT2D eigenvalue weighted by atomic mass is 9.83. The number of likely N-dealkylation sites (tertiary alicyclic amines) is 1. The van der Waals surface area contributed by atoms with Crippen LogP contribution in [-0.4, -0.2) is 38.7 Å². The monoisotopic (exact) mass is 354 g/mol. The quantitative estimate of drug-likeness (QED) is 0.917. The molecule has 2 aromatic rings. The summed E-state index contributed by atoms with van der Waals surface area (Å²) in [6, 6.07) is 7.36. The molecule has 2 atom stereocenters. The van der Waals surface area contributed by atoms with Crippen molar-refractivity contribution in [3.05, 3.63) is 51.7 Å². The summed E-state index contributed by atoms with van der Waals surface area (Å²) in [4.78, 5) is 27.0. The van der Waals surface area contributed by atoms with Gasteiger partial charge in [0.15, 0.2) is 0 Å². The maximum atomic E-state index is 12.9. The van der Waals surface area contributed by atoms with Crippen LogP contribution in [0.25, 0.3) is 0 Å². The van der Waals surface area contributed by atoms with E-state index in [1.165, 1.54) is 0 Å². The minimum absolute atomic E-state index is 0.00141. The third-order valence-corrected chi connectivity index (χ3v) is 5.61. The van der Waals surface area contributed by atoms with E-state index in [2.05, 4.69) is 24.0 Å². The van der Waals surface area contributed by atoms with Gasteiger partial charge in [0.25, 0.3) is 11.5 Å². The van der Waals surface area contributed by atoms with Crippen LogP contribution in [0.4, 0.5) is 0 Å². The molecule has 1 saturated heterocycles. The zero-order chi connectivity index (χ0) is 18.3. The highest BCUT2D eigenvalue weighted by Crippen LogP contribution is 2.35. The summed E-state index contributed by atoms with van der Waals surface area (Å²) >= 11 is 0. The van der Waals surface area contributed by atoms with Gasteiger partial charge in [-0.15, -0.1) is 0 Å². The molecule has 4 heterocycles. The average molecular weight is 354 g/mol. The summed E-state index contributed by atoms with van der Waals surface area (Å²) in [6.45, 7) is 6.45. The zero-order valence-electron chi connectivity index (χ0n) is 15.4. The number of nitrogens with zero attached hydrogens (tertiary/aromatic N) is 3. The van der Waals surface area contributed by atoms with Crippen molar-refractivity contribution in [2.75, 3.05) is 13.1 Å². The Morgan fingerprint density at radius 2 is 2.15 bits per heavy atom. The smallest absolute Gasteiger partial charge is 0.274 e. The lowest BCUT2D eigenvalue weighted by Gasteiger charge is -2.42.